The topological polar surface area (TPSA) is 90.6 Å². The van der Waals surface area contributed by atoms with E-state index in [4.69, 9.17) is 5.26 Å². The summed E-state index contributed by atoms with van der Waals surface area (Å²) in [7, 11) is 0. The Labute approximate surface area is 124 Å². The second-order valence-corrected chi connectivity index (χ2v) is 4.43. The molecule has 8 heteroatoms. The second-order valence-electron chi connectivity index (χ2n) is 4.43. The maximum absolute atomic E-state index is 12.7. The average Bonchev–Trinajstić information content (AvgIpc) is 2.44. The van der Waals surface area contributed by atoms with Crippen molar-refractivity contribution in [2.45, 2.75) is 31.7 Å². The molecule has 0 aliphatic carbocycles. The van der Waals surface area contributed by atoms with Gasteiger partial charge in [0.15, 0.2) is 0 Å². The molecule has 2 atom stereocenters. The number of alkyl halides is 3. The number of rotatable bonds is 5. The number of nitrogens with zero attached hydrogens (tertiary/aromatic N) is 1. The number of esters is 1. The first-order valence-electron chi connectivity index (χ1n) is 6.33. The minimum Gasteiger partial charge on any atom is -0.466 e. The van der Waals surface area contributed by atoms with Crippen LogP contribution in [-0.2, 0) is 15.7 Å². The van der Waals surface area contributed by atoms with E-state index in [1.807, 2.05) is 0 Å². The molecule has 120 valence electrons. The zero-order valence-corrected chi connectivity index (χ0v) is 11.6. The van der Waals surface area contributed by atoms with Crippen molar-refractivity contribution in [3.05, 3.63) is 34.9 Å². The Kier molecular flexibility index (Phi) is 5.91. The molecule has 2 unspecified atom stereocenters. The molecule has 1 aromatic rings. The van der Waals surface area contributed by atoms with Crippen LogP contribution in [0.15, 0.2) is 18.2 Å². The van der Waals surface area contributed by atoms with E-state index < -0.39 is 41.9 Å². The SMILES string of the molecule is CCOC(=O)CC(O)C(O)c1cc(C(F)(F)F)ccc1C#N. The third-order valence-electron chi connectivity index (χ3n) is 2.86. The molecule has 0 fully saturated rings. The van der Waals surface area contributed by atoms with Gasteiger partial charge in [-0.3, -0.25) is 4.79 Å². The molecule has 1 aromatic carbocycles. The van der Waals surface area contributed by atoms with Crippen molar-refractivity contribution in [3.63, 3.8) is 0 Å². The lowest BCUT2D eigenvalue weighted by Gasteiger charge is -2.19. The molecule has 2 N–H and O–H groups in total. The van der Waals surface area contributed by atoms with Crippen molar-refractivity contribution >= 4 is 5.97 Å². The van der Waals surface area contributed by atoms with E-state index in [2.05, 4.69) is 4.74 Å². The number of carbonyl (C=O) groups excluding carboxylic acids is 1. The number of ether oxygens (including phenoxy) is 1. The monoisotopic (exact) mass is 317 g/mol. The third kappa shape index (κ3) is 4.44. The molecule has 0 aromatic heterocycles. The zero-order chi connectivity index (χ0) is 16.9. The molecule has 0 saturated carbocycles. The van der Waals surface area contributed by atoms with E-state index in [-0.39, 0.29) is 12.2 Å². The number of benzene rings is 1. The fourth-order valence-corrected chi connectivity index (χ4v) is 1.80. The predicted octanol–water partition coefficient (Wildman–Crippen LogP) is 1.92. The van der Waals surface area contributed by atoms with Gasteiger partial charge in [-0.2, -0.15) is 18.4 Å². The maximum atomic E-state index is 12.7. The molecule has 0 radical (unpaired) electrons. The van der Waals surface area contributed by atoms with Crippen LogP contribution in [0.4, 0.5) is 13.2 Å². The van der Waals surface area contributed by atoms with Crippen LogP contribution in [0, 0.1) is 11.3 Å². The summed E-state index contributed by atoms with van der Waals surface area (Å²) >= 11 is 0. The minimum atomic E-state index is -4.66. The molecule has 0 aliphatic rings. The van der Waals surface area contributed by atoms with Crippen LogP contribution < -0.4 is 0 Å². The van der Waals surface area contributed by atoms with Crippen LogP contribution in [0.2, 0.25) is 0 Å². The van der Waals surface area contributed by atoms with Crippen molar-refractivity contribution < 1.29 is 32.9 Å². The quantitative estimate of drug-likeness (QED) is 0.810. The fourth-order valence-electron chi connectivity index (χ4n) is 1.80. The molecule has 0 heterocycles. The molecule has 5 nitrogen and oxygen atoms in total. The molecule has 0 spiro atoms. The van der Waals surface area contributed by atoms with Crippen molar-refractivity contribution in [2.24, 2.45) is 0 Å². The number of aliphatic hydroxyl groups is 2. The summed E-state index contributed by atoms with van der Waals surface area (Å²) in [5.74, 6) is -0.806. The Morgan fingerprint density at radius 3 is 2.55 bits per heavy atom. The third-order valence-corrected chi connectivity index (χ3v) is 2.86. The van der Waals surface area contributed by atoms with Gasteiger partial charge in [-0.05, 0) is 25.1 Å². The van der Waals surface area contributed by atoms with Crippen molar-refractivity contribution in [1.82, 2.24) is 0 Å². The summed E-state index contributed by atoms with van der Waals surface area (Å²) in [5, 5.41) is 28.6. The van der Waals surface area contributed by atoms with E-state index in [9.17, 15) is 28.2 Å². The van der Waals surface area contributed by atoms with E-state index in [0.29, 0.717) is 12.1 Å². The highest BCUT2D eigenvalue weighted by Crippen LogP contribution is 2.33. The first-order valence-corrected chi connectivity index (χ1v) is 6.33. The average molecular weight is 317 g/mol. The standard InChI is InChI=1S/C14H14F3NO4/c1-2-22-12(20)6-11(19)13(21)10-5-9(14(15,16)17)4-3-8(10)7-18/h3-5,11,13,19,21H,2,6H2,1H3. The van der Waals surface area contributed by atoms with Crippen LogP contribution in [0.25, 0.3) is 0 Å². The van der Waals surface area contributed by atoms with Gasteiger partial charge in [0.05, 0.1) is 36.3 Å². The first-order chi connectivity index (χ1) is 10.2. The highest BCUT2D eigenvalue weighted by atomic mass is 19.4. The van der Waals surface area contributed by atoms with Crippen LogP contribution >= 0.6 is 0 Å². The molecular weight excluding hydrogens is 303 g/mol. The minimum absolute atomic E-state index is 0.0641. The van der Waals surface area contributed by atoms with Gasteiger partial charge in [0.2, 0.25) is 0 Å². The molecule has 0 aliphatic heterocycles. The fraction of sp³-hybridized carbons (Fsp3) is 0.429. The Bertz CT molecular complexity index is 580. The summed E-state index contributed by atoms with van der Waals surface area (Å²) in [6.45, 7) is 1.61. The van der Waals surface area contributed by atoms with Crippen LogP contribution in [0.5, 0.6) is 0 Å². The smallest absolute Gasteiger partial charge is 0.416 e. The van der Waals surface area contributed by atoms with E-state index in [0.717, 1.165) is 6.07 Å². The lowest BCUT2D eigenvalue weighted by molar-refractivity contribution is -0.147. The van der Waals surface area contributed by atoms with Gasteiger partial charge in [0, 0.05) is 5.56 Å². The van der Waals surface area contributed by atoms with Crippen LogP contribution in [-0.4, -0.2) is 28.9 Å². The Morgan fingerprint density at radius 2 is 2.05 bits per heavy atom. The zero-order valence-electron chi connectivity index (χ0n) is 11.6. The summed E-state index contributed by atoms with van der Waals surface area (Å²) in [6.07, 6.45) is -8.76. The summed E-state index contributed by atoms with van der Waals surface area (Å²) < 4.78 is 42.6. The normalized spacial score (nSPS) is 14.0. The van der Waals surface area contributed by atoms with Gasteiger partial charge >= 0.3 is 12.1 Å². The summed E-state index contributed by atoms with van der Waals surface area (Å²) in [5.41, 5.74) is -1.68. The number of halogens is 3. The lowest BCUT2D eigenvalue weighted by Crippen LogP contribution is -2.24. The number of nitriles is 1. The molecule has 1 rings (SSSR count). The maximum Gasteiger partial charge on any atom is 0.416 e. The summed E-state index contributed by atoms with van der Waals surface area (Å²) in [6, 6.07) is 3.82. The number of carbonyl (C=O) groups is 1. The largest absolute Gasteiger partial charge is 0.466 e. The van der Waals surface area contributed by atoms with Gasteiger partial charge in [-0.15, -0.1) is 0 Å². The van der Waals surface area contributed by atoms with Gasteiger partial charge in [-0.25, -0.2) is 0 Å². The first kappa shape index (κ1) is 17.9. The number of hydrogen-bond acceptors (Lipinski definition) is 5. The van der Waals surface area contributed by atoms with Crippen molar-refractivity contribution in [1.29, 1.82) is 5.26 Å². The van der Waals surface area contributed by atoms with Gasteiger partial charge in [-0.1, -0.05) is 0 Å². The summed E-state index contributed by atoms with van der Waals surface area (Å²) in [4.78, 5) is 11.2. The predicted molar refractivity (Wildman–Crippen MR) is 68.4 cm³/mol. The molecule has 0 bridgehead atoms. The second kappa shape index (κ2) is 7.24. The highest BCUT2D eigenvalue weighted by Gasteiger charge is 2.33. The van der Waals surface area contributed by atoms with Gasteiger partial charge < -0.3 is 14.9 Å². The van der Waals surface area contributed by atoms with E-state index in [1.54, 1.807) is 13.0 Å². The van der Waals surface area contributed by atoms with Crippen LogP contribution in [0.3, 0.4) is 0 Å². The molecule has 0 amide bonds. The van der Waals surface area contributed by atoms with Crippen LogP contribution in [0.1, 0.15) is 36.1 Å². The molecule has 0 saturated heterocycles. The van der Waals surface area contributed by atoms with Crippen molar-refractivity contribution in [3.8, 4) is 6.07 Å². The number of aliphatic hydroxyl groups excluding tert-OH is 2. The highest BCUT2D eigenvalue weighted by molar-refractivity contribution is 5.70. The Balaban J connectivity index is 3.07. The Morgan fingerprint density at radius 1 is 1.41 bits per heavy atom. The number of hydrogen-bond donors (Lipinski definition) is 2. The molecular formula is C14H14F3NO4. The van der Waals surface area contributed by atoms with Crippen molar-refractivity contribution in [2.75, 3.05) is 6.61 Å². The Hall–Kier alpha value is -2.11. The van der Waals surface area contributed by atoms with E-state index >= 15 is 0 Å². The van der Waals surface area contributed by atoms with Gasteiger partial charge in [0.1, 0.15) is 6.10 Å². The lowest BCUT2D eigenvalue weighted by atomic mass is 9.95. The molecule has 22 heavy (non-hydrogen) atoms. The van der Waals surface area contributed by atoms with Gasteiger partial charge in [0.25, 0.3) is 0 Å². The van der Waals surface area contributed by atoms with E-state index in [1.165, 1.54) is 0 Å².